The first kappa shape index (κ1) is 24.3. The number of hydrogen-bond donors (Lipinski definition) is 2. The van der Waals surface area contributed by atoms with Gasteiger partial charge in [0.1, 0.15) is 5.82 Å². The van der Waals surface area contributed by atoms with E-state index in [4.69, 9.17) is 9.72 Å². The highest BCUT2D eigenvalue weighted by Gasteiger charge is 2.16. The van der Waals surface area contributed by atoms with Crippen molar-refractivity contribution in [2.24, 2.45) is 10.9 Å². The topological polar surface area (TPSA) is 78.9 Å². The van der Waals surface area contributed by atoms with Crippen LogP contribution in [0, 0.1) is 11.7 Å². The van der Waals surface area contributed by atoms with Crippen LogP contribution in [0.3, 0.4) is 0 Å². The number of benzene rings is 1. The molecule has 4 rings (SSSR count). The molecule has 1 aromatic heterocycles. The van der Waals surface area contributed by atoms with Gasteiger partial charge >= 0.3 is 0 Å². The Balaban J connectivity index is 1.48. The Bertz CT molecular complexity index is 954. The molecule has 182 valence electrons. The van der Waals surface area contributed by atoms with Crippen LogP contribution < -0.4 is 10.6 Å². The molecule has 0 radical (unpaired) electrons. The van der Waals surface area contributed by atoms with E-state index < -0.39 is 0 Å². The Labute approximate surface area is 200 Å². The third-order valence-electron chi connectivity index (χ3n) is 6.49. The van der Waals surface area contributed by atoms with Crippen molar-refractivity contribution in [1.29, 1.82) is 0 Å². The summed E-state index contributed by atoms with van der Waals surface area (Å²) in [5.74, 6) is 1.30. The van der Waals surface area contributed by atoms with E-state index in [0.29, 0.717) is 24.0 Å². The molecule has 1 aromatic carbocycles. The number of carbonyl (C=O) groups is 1. The summed E-state index contributed by atoms with van der Waals surface area (Å²) in [6.07, 6.45) is 7.03. The van der Waals surface area contributed by atoms with Gasteiger partial charge in [-0.25, -0.2) is 9.37 Å². The molecular weight excluding hydrogens is 433 g/mol. The quantitative estimate of drug-likeness (QED) is 0.327. The molecule has 2 N–H and O–H groups in total. The Morgan fingerprint density at radius 2 is 1.88 bits per heavy atom. The molecule has 2 fully saturated rings. The molecule has 1 aliphatic heterocycles. The monoisotopic (exact) mass is 467 g/mol. The van der Waals surface area contributed by atoms with Crippen LogP contribution in [0.15, 0.2) is 41.4 Å². The number of hydrogen-bond acceptors (Lipinski definition) is 6. The molecule has 0 amide bonds. The maximum atomic E-state index is 13.4. The second-order valence-corrected chi connectivity index (χ2v) is 8.95. The van der Waals surface area contributed by atoms with Crippen molar-refractivity contribution in [2.45, 2.75) is 32.1 Å². The standard InChI is InChI=1S/C26H34FN5O2/c27-22-8-6-21(7-9-22)23-10-11-24(26(31-23)29-18-20-4-2-1-3-5-20)30-25(19-33)28-12-13-32-14-16-34-17-15-32/h6-11,19-20H,1-5,12-18H2,(H,28,30)(H,29,31). The summed E-state index contributed by atoms with van der Waals surface area (Å²) in [6, 6.07) is 10.1. The average Bonchev–Trinajstić information content (AvgIpc) is 2.89. The second-order valence-electron chi connectivity index (χ2n) is 8.95. The Kier molecular flexibility index (Phi) is 8.98. The van der Waals surface area contributed by atoms with Crippen molar-refractivity contribution in [1.82, 2.24) is 9.88 Å². The molecule has 2 aromatic rings. The normalized spacial score (nSPS) is 18.0. The zero-order valence-electron chi connectivity index (χ0n) is 19.6. The number of pyridine rings is 1. The van der Waals surface area contributed by atoms with Crippen molar-refractivity contribution >= 4 is 23.6 Å². The summed E-state index contributed by atoms with van der Waals surface area (Å²) in [5.41, 5.74) is 2.29. The lowest BCUT2D eigenvalue weighted by molar-refractivity contribution is -0.102. The van der Waals surface area contributed by atoms with Crippen LogP contribution in [-0.4, -0.2) is 67.9 Å². The van der Waals surface area contributed by atoms with E-state index in [1.165, 1.54) is 44.2 Å². The minimum atomic E-state index is -0.276. The van der Waals surface area contributed by atoms with E-state index in [9.17, 15) is 9.18 Å². The van der Waals surface area contributed by atoms with Crippen LogP contribution in [0.25, 0.3) is 11.3 Å². The van der Waals surface area contributed by atoms with E-state index in [-0.39, 0.29) is 11.7 Å². The molecule has 34 heavy (non-hydrogen) atoms. The van der Waals surface area contributed by atoms with Crippen molar-refractivity contribution in [3.63, 3.8) is 0 Å². The highest BCUT2D eigenvalue weighted by Crippen LogP contribution is 2.28. The van der Waals surface area contributed by atoms with Gasteiger partial charge in [-0.3, -0.25) is 14.7 Å². The van der Waals surface area contributed by atoms with Crippen LogP contribution in [0.4, 0.5) is 15.9 Å². The van der Waals surface area contributed by atoms with E-state index in [2.05, 4.69) is 20.5 Å². The van der Waals surface area contributed by atoms with Gasteiger partial charge in [-0.2, -0.15) is 0 Å². The van der Waals surface area contributed by atoms with Crippen molar-refractivity contribution < 1.29 is 13.9 Å². The van der Waals surface area contributed by atoms with Crippen molar-refractivity contribution in [3.05, 3.63) is 42.2 Å². The summed E-state index contributed by atoms with van der Waals surface area (Å²) in [5, 5.41) is 6.67. The zero-order chi connectivity index (χ0) is 23.6. The maximum absolute atomic E-state index is 13.4. The number of nitrogens with one attached hydrogen (secondary N) is 2. The minimum Gasteiger partial charge on any atom is -0.379 e. The number of aldehydes is 1. The number of rotatable bonds is 9. The number of amidine groups is 1. The molecule has 8 heteroatoms. The van der Waals surface area contributed by atoms with Gasteiger partial charge in [0.2, 0.25) is 0 Å². The predicted octanol–water partition coefficient (Wildman–Crippen LogP) is 4.22. The molecule has 0 atom stereocenters. The van der Waals surface area contributed by atoms with Gasteiger partial charge in [-0.1, -0.05) is 19.3 Å². The van der Waals surface area contributed by atoms with Gasteiger partial charge in [0.15, 0.2) is 17.9 Å². The lowest BCUT2D eigenvalue weighted by atomic mass is 9.89. The molecule has 0 unspecified atom stereocenters. The number of anilines is 2. The van der Waals surface area contributed by atoms with E-state index in [1.807, 2.05) is 12.1 Å². The van der Waals surface area contributed by atoms with Crippen molar-refractivity contribution in [2.75, 3.05) is 56.6 Å². The molecule has 2 aliphatic rings. The van der Waals surface area contributed by atoms with Gasteiger partial charge in [-0.15, -0.1) is 0 Å². The van der Waals surface area contributed by atoms with Gasteiger partial charge in [0.25, 0.3) is 0 Å². The highest BCUT2D eigenvalue weighted by atomic mass is 19.1. The SMILES string of the molecule is O=CC(=NCCN1CCOCC1)Nc1ccc(-c2ccc(F)cc2)nc1NCC1CCCCC1. The van der Waals surface area contributed by atoms with E-state index in [0.717, 1.165) is 56.9 Å². The molecule has 7 nitrogen and oxygen atoms in total. The number of aromatic nitrogens is 1. The second kappa shape index (κ2) is 12.6. The molecule has 1 saturated carbocycles. The summed E-state index contributed by atoms with van der Waals surface area (Å²) in [4.78, 5) is 23.3. The first-order valence-corrected chi connectivity index (χ1v) is 12.3. The number of morpholine rings is 1. The number of carbonyl (C=O) groups excluding carboxylic acids is 1. The first-order valence-electron chi connectivity index (χ1n) is 12.3. The summed E-state index contributed by atoms with van der Waals surface area (Å²) in [7, 11) is 0. The minimum absolute atomic E-state index is 0.276. The molecule has 0 bridgehead atoms. The lowest BCUT2D eigenvalue weighted by Crippen LogP contribution is -2.38. The van der Waals surface area contributed by atoms with Gasteiger partial charge in [-0.05, 0) is 55.2 Å². The van der Waals surface area contributed by atoms with Crippen LogP contribution in [0.1, 0.15) is 32.1 Å². The number of nitrogens with zero attached hydrogens (tertiary/aromatic N) is 3. The summed E-state index contributed by atoms with van der Waals surface area (Å²) >= 11 is 0. The van der Waals surface area contributed by atoms with Crippen molar-refractivity contribution in [3.8, 4) is 11.3 Å². The Morgan fingerprint density at radius 3 is 2.62 bits per heavy atom. The Morgan fingerprint density at radius 1 is 1.12 bits per heavy atom. The summed E-state index contributed by atoms with van der Waals surface area (Å²) < 4.78 is 18.8. The number of ether oxygens (including phenoxy) is 1. The average molecular weight is 468 g/mol. The smallest absolute Gasteiger partial charge is 0.185 e. The highest BCUT2D eigenvalue weighted by molar-refractivity contribution is 6.33. The fourth-order valence-corrected chi connectivity index (χ4v) is 4.49. The van der Waals surface area contributed by atoms with Crippen LogP contribution in [0.5, 0.6) is 0 Å². The largest absolute Gasteiger partial charge is 0.379 e. The molecule has 1 aliphatic carbocycles. The lowest BCUT2D eigenvalue weighted by Gasteiger charge is -2.25. The molecular formula is C26H34FN5O2. The fraction of sp³-hybridized carbons (Fsp3) is 0.500. The van der Waals surface area contributed by atoms with Crippen LogP contribution >= 0.6 is 0 Å². The Hall–Kier alpha value is -2.84. The third kappa shape index (κ3) is 7.08. The molecule has 0 spiro atoms. The van der Waals surface area contributed by atoms with Crippen LogP contribution in [0.2, 0.25) is 0 Å². The molecule has 2 heterocycles. The summed E-state index contributed by atoms with van der Waals surface area (Å²) in [6.45, 7) is 5.42. The molecule has 1 saturated heterocycles. The number of aliphatic imine (C=N–C) groups is 1. The maximum Gasteiger partial charge on any atom is 0.185 e. The number of halogens is 1. The van der Waals surface area contributed by atoms with Gasteiger partial charge < -0.3 is 15.4 Å². The zero-order valence-corrected chi connectivity index (χ0v) is 19.6. The fourth-order valence-electron chi connectivity index (χ4n) is 4.49. The first-order chi connectivity index (χ1) is 16.7. The van der Waals surface area contributed by atoms with E-state index >= 15 is 0 Å². The predicted molar refractivity (Wildman–Crippen MR) is 134 cm³/mol. The third-order valence-corrected chi connectivity index (χ3v) is 6.49. The van der Waals surface area contributed by atoms with Gasteiger partial charge in [0, 0.05) is 31.7 Å². The van der Waals surface area contributed by atoms with Crippen LogP contribution in [-0.2, 0) is 9.53 Å². The van der Waals surface area contributed by atoms with Gasteiger partial charge in [0.05, 0.1) is 31.1 Å². The van der Waals surface area contributed by atoms with E-state index in [1.54, 1.807) is 12.1 Å².